The molecule has 0 aliphatic carbocycles. The molecule has 1 aromatic heterocycles. The van der Waals surface area contributed by atoms with Crippen LogP contribution in [-0.2, 0) is 0 Å². The fourth-order valence-electron chi connectivity index (χ4n) is 1.49. The van der Waals surface area contributed by atoms with Gasteiger partial charge >= 0.3 is 0 Å². The molecule has 0 saturated heterocycles. The summed E-state index contributed by atoms with van der Waals surface area (Å²) in [5.41, 5.74) is 2.47. The van der Waals surface area contributed by atoms with Gasteiger partial charge in [0.15, 0.2) is 0 Å². The minimum absolute atomic E-state index is 0.280. The molecule has 2 rings (SSSR count). The van der Waals surface area contributed by atoms with Crippen molar-refractivity contribution in [2.75, 3.05) is 0 Å². The van der Waals surface area contributed by atoms with Crippen LogP contribution in [0.3, 0.4) is 0 Å². The van der Waals surface area contributed by atoms with Crippen molar-refractivity contribution >= 4 is 46.5 Å². The van der Waals surface area contributed by atoms with Crippen LogP contribution in [-0.4, -0.2) is 9.97 Å². The molecule has 84 valence electrons. The molecule has 0 amide bonds. The molecular weight excluding hydrogens is 263 g/mol. The smallest absolute Gasteiger partial charge is 0.125 e. The lowest BCUT2D eigenvalue weighted by Gasteiger charge is -2.07. The highest BCUT2D eigenvalue weighted by molar-refractivity contribution is 7.71. The normalized spacial score (nSPS) is 11.3. The Morgan fingerprint density at radius 1 is 1.25 bits per heavy atom. The van der Waals surface area contributed by atoms with Gasteiger partial charge in [0.2, 0.25) is 0 Å². The van der Waals surface area contributed by atoms with Crippen molar-refractivity contribution in [2.24, 2.45) is 0 Å². The highest BCUT2D eigenvalue weighted by Gasteiger charge is 2.08. The summed E-state index contributed by atoms with van der Waals surface area (Å²) < 4.78 is 0.654. The van der Waals surface area contributed by atoms with Crippen molar-refractivity contribution in [3.63, 3.8) is 0 Å². The number of nitrogens with one attached hydrogen (secondary N) is 1. The first-order valence-corrected chi connectivity index (χ1v) is 6.04. The van der Waals surface area contributed by atoms with E-state index in [1.165, 1.54) is 0 Å². The Morgan fingerprint density at radius 3 is 2.50 bits per heavy atom. The fourth-order valence-corrected chi connectivity index (χ4v) is 2.20. The van der Waals surface area contributed by atoms with Gasteiger partial charge in [0.05, 0.1) is 26.8 Å². The van der Waals surface area contributed by atoms with Gasteiger partial charge in [0.25, 0.3) is 0 Å². The molecular formula is C11H10Cl2N2S. The Hall–Kier alpha value is -0.640. The SMILES string of the molecule is CC(C)c1nc2cc(Cl)c(Cl)cc2[nH]c1=S. The number of aromatic nitrogens is 2. The van der Waals surface area contributed by atoms with Crippen LogP contribution < -0.4 is 0 Å². The van der Waals surface area contributed by atoms with Crippen molar-refractivity contribution in [1.82, 2.24) is 9.97 Å². The Bertz CT molecular complexity index is 605. The number of nitrogens with zero attached hydrogens (tertiary/aromatic N) is 1. The highest BCUT2D eigenvalue weighted by Crippen LogP contribution is 2.27. The third-order valence-corrected chi connectivity index (χ3v) is 3.34. The van der Waals surface area contributed by atoms with Gasteiger partial charge in [0, 0.05) is 0 Å². The number of fused-ring (bicyclic) bond motifs is 1. The van der Waals surface area contributed by atoms with Gasteiger partial charge in [-0.3, -0.25) is 0 Å². The standard InChI is InChI=1S/C11H10Cl2N2S/c1-5(2)10-11(16)15-9-4-7(13)6(12)3-8(9)14-10/h3-5H,1-2H3,(H,15,16). The maximum Gasteiger partial charge on any atom is 0.125 e. The first kappa shape index (κ1) is 11.8. The van der Waals surface area contributed by atoms with Gasteiger partial charge in [0.1, 0.15) is 4.64 Å². The van der Waals surface area contributed by atoms with Crippen LogP contribution in [0.25, 0.3) is 11.0 Å². The molecule has 0 aliphatic heterocycles. The topological polar surface area (TPSA) is 28.7 Å². The van der Waals surface area contributed by atoms with Crippen LogP contribution in [0.4, 0.5) is 0 Å². The monoisotopic (exact) mass is 272 g/mol. The first-order valence-electron chi connectivity index (χ1n) is 4.88. The van der Waals surface area contributed by atoms with E-state index in [0.717, 1.165) is 16.7 Å². The molecule has 0 aliphatic rings. The van der Waals surface area contributed by atoms with E-state index in [1.54, 1.807) is 12.1 Å². The van der Waals surface area contributed by atoms with E-state index in [0.29, 0.717) is 14.7 Å². The van der Waals surface area contributed by atoms with Gasteiger partial charge in [-0.15, -0.1) is 0 Å². The average Bonchev–Trinajstić information content (AvgIpc) is 2.19. The first-order chi connectivity index (χ1) is 7.49. The summed E-state index contributed by atoms with van der Waals surface area (Å²) in [6, 6.07) is 3.49. The van der Waals surface area contributed by atoms with Crippen molar-refractivity contribution < 1.29 is 0 Å². The molecule has 0 bridgehead atoms. The van der Waals surface area contributed by atoms with Crippen LogP contribution in [0.15, 0.2) is 12.1 Å². The van der Waals surface area contributed by atoms with E-state index in [9.17, 15) is 0 Å². The summed E-state index contributed by atoms with van der Waals surface area (Å²) >= 11 is 17.1. The minimum atomic E-state index is 0.280. The Morgan fingerprint density at radius 2 is 1.88 bits per heavy atom. The molecule has 5 heteroatoms. The molecule has 0 spiro atoms. The molecule has 0 fully saturated rings. The minimum Gasteiger partial charge on any atom is -0.343 e. The van der Waals surface area contributed by atoms with E-state index >= 15 is 0 Å². The number of halogens is 2. The lowest BCUT2D eigenvalue weighted by Crippen LogP contribution is -1.97. The number of H-pyrrole nitrogens is 1. The number of benzene rings is 1. The molecule has 1 aromatic carbocycles. The molecule has 2 aromatic rings. The van der Waals surface area contributed by atoms with E-state index in [1.807, 2.05) is 0 Å². The summed E-state index contributed by atoms with van der Waals surface area (Å²) in [6.07, 6.45) is 0. The van der Waals surface area contributed by atoms with Crippen LogP contribution in [0, 0.1) is 4.64 Å². The predicted molar refractivity (Wildman–Crippen MR) is 71.0 cm³/mol. The van der Waals surface area contributed by atoms with Crippen LogP contribution in [0.2, 0.25) is 10.0 Å². The second-order valence-electron chi connectivity index (χ2n) is 3.89. The molecule has 1 N–H and O–H groups in total. The molecule has 0 unspecified atom stereocenters. The van der Waals surface area contributed by atoms with E-state index < -0.39 is 0 Å². The number of hydrogen-bond acceptors (Lipinski definition) is 2. The quantitative estimate of drug-likeness (QED) is 0.761. The lowest BCUT2D eigenvalue weighted by molar-refractivity contribution is 0.816. The second kappa shape index (κ2) is 4.32. The fraction of sp³-hybridized carbons (Fsp3) is 0.273. The number of rotatable bonds is 1. The van der Waals surface area contributed by atoms with Crippen LogP contribution >= 0.6 is 35.4 Å². The Balaban J connectivity index is 2.80. The molecule has 16 heavy (non-hydrogen) atoms. The lowest BCUT2D eigenvalue weighted by atomic mass is 10.1. The van der Waals surface area contributed by atoms with Crippen LogP contribution in [0.1, 0.15) is 25.5 Å². The van der Waals surface area contributed by atoms with Crippen LogP contribution in [0.5, 0.6) is 0 Å². The maximum atomic E-state index is 5.95. The highest BCUT2D eigenvalue weighted by atomic mass is 35.5. The summed E-state index contributed by atoms with van der Waals surface area (Å²) in [5.74, 6) is 0.280. The summed E-state index contributed by atoms with van der Waals surface area (Å²) in [4.78, 5) is 7.61. The summed E-state index contributed by atoms with van der Waals surface area (Å²) in [6.45, 7) is 4.10. The number of hydrogen-bond donors (Lipinski definition) is 1. The van der Waals surface area contributed by atoms with Crippen molar-refractivity contribution in [3.8, 4) is 0 Å². The molecule has 0 saturated carbocycles. The Labute approximate surface area is 109 Å². The predicted octanol–water partition coefficient (Wildman–Crippen LogP) is 4.72. The Kier molecular flexibility index (Phi) is 3.19. The molecule has 0 atom stereocenters. The van der Waals surface area contributed by atoms with Gasteiger partial charge in [-0.1, -0.05) is 49.3 Å². The molecule has 2 nitrogen and oxygen atoms in total. The third kappa shape index (κ3) is 2.08. The van der Waals surface area contributed by atoms with E-state index in [2.05, 4.69) is 23.8 Å². The number of aromatic amines is 1. The van der Waals surface area contributed by atoms with Crippen molar-refractivity contribution in [3.05, 3.63) is 32.5 Å². The zero-order chi connectivity index (χ0) is 11.9. The summed E-state index contributed by atoms with van der Waals surface area (Å²) in [5, 5.41) is 1.00. The van der Waals surface area contributed by atoms with Gasteiger partial charge in [-0.25, -0.2) is 4.98 Å². The van der Waals surface area contributed by atoms with Gasteiger partial charge in [-0.05, 0) is 18.1 Å². The van der Waals surface area contributed by atoms with Gasteiger partial charge in [-0.2, -0.15) is 0 Å². The van der Waals surface area contributed by atoms with Crippen molar-refractivity contribution in [2.45, 2.75) is 19.8 Å². The van der Waals surface area contributed by atoms with Crippen molar-refractivity contribution in [1.29, 1.82) is 0 Å². The van der Waals surface area contributed by atoms with E-state index in [-0.39, 0.29) is 5.92 Å². The second-order valence-corrected chi connectivity index (χ2v) is 5.11. The summed E-state index contributed by atoms with van der Waals surface area (Å²) in [7, 11) is 0. The maximum absolute atomic E-state index is 5.95. The zero-order valence-electron chi connectivity index (χ0n) is 8.84. The van der Waals surface area contributed by atoms with Gasteiger partial charge < -0.3 is 4.98 Å². The zero-order valence-corrected chi connectivity index (χ0v) is 11.2. The largest absolute Gasteiger partial charge is 0.343 e. The third-order valence-electron chi connectivity index (χ3n) is 2.31. The van der Waals surface area contributed by atoms with E-state index in [4.69, 9.17) is 35.4 Å². The average molecular weight is 273 g/mol. The molecule has 1 heterocycles. The molecule has 0 radical (unpaired) electrons.